The third-order valence-electron chi connectivity index (χ3n) is 8.02. The number of nitriles is 2. The third kappa shape index (κ3) is 5.01. The largest absolute Gasteiger partial charge is 0.383 e. The van der Waals surface area contributed by atoms with E-state index >= 15 is 0 Å². The Bertz CT molecular complexity index is 1930. The topological polar surface area (TPSA) is 120 Å². The predicted octanol–water partition coefficient (Wildman–Crippen LogP) is 6.48. The van der Waals surface area contributed by atoms with E-state index in [1.807, 2.05) is 48.1 Å². The van der Waals surface area contributed by atoms with Crippen LogP contribution in [0.3, 0.4) is 0 Å². The van der Waals surface area contributed by atoms with Crippen LogP contribution < -0.4 is 10.6 Å². The van der Waals surface area contributed by atoms with Crippen molar-refractivity contribution in [1.29, 1.82) is 10.5 Å². The van der Waals surface area contributed by atoms with Crippen molar-refractivity contribution in [2.75, 3.05) is 17.2 Å². The lowest BCUT2D eigenvalue weighted by Crippen LogP contribution is -2.26. The highest BCUT2D eigenvalue weighted by Gasteiger charge is 2.54. The molecule has 43 heavy (non-hydrogen) atoms. The summed E-state index contributed by atoms with van der Waals surface area (Å²) in [5.74, 6) is 0. The Morgan fingerprint density at radius 3 is 2.51 bits per heavy atom. The lowest BCUT2D eigenvalue weighted by molar-refractivity contribution is 0.0593. The maximum absolute atomic E-state index is 13.9. The van der Waals surface area contributed by atoms with E-state index in [0.29, 0.717) is 58.5 Å². The number of nitrogens with zero attached hydrogens (tertiary/aromatic N) is 7. The van der Waals surface area contributed by atoms with Crippen molar-refractivity contribution >= 4 is 33.2 Å². The number of aromatic nitrogens is 5. The number of hydrogen-bond donors (Lipinski definition) is 2. The lowest BCUT2D eigenvalue weighted by atomic mass is 9.96. The van der Waals surface area contributed by atoms with Gasteiger partial charge in [-0.3, -0.25) is 4.98 Å². The molecule has 0 aliphatic heterocycles. The van der Waals surface area contributed by atoms with E-state index in [9.17, 15) is 19.3 Å². The van der Waals surface area contributed by atoms with Gasteiger partial charge in [-0.25, -0.2) is 13.5 Å². The Morgan fingerprint density at radius 1 is 1.07 bits per heavy atom. The van der Waals surface area contributed by atoms with E-state index in [1.54, 1.807) is 12.3 Å². The molecule has 3 heterocycles. The second-order valence-corrected chi connectivity index (χ2v) is 12.4. The Labute approximate surface area is 247 Å². The van der Waals surface area contributed by atoms with Crippen molar-refractivity contribution in [3.8, 4) is 12.1 Å². The van der Waals surface area contributed by atoms with Crippen molar-refractivity contribution in [3.63, 3.8) is 0 Å². The molecule has 5 aromatic rings. The minimum atomic E-state index is -2.55. The molecule has 9 nitrogen and oxygen atoms in total. The first-order valence-corrected chi connectivity index (χ1v) is 14.1. The molecule has 2 aromatic carbocycles. The molecule has 0 spiro atoms. The fourth-order valence-corrected chi connectivity index (χ4v) is 5.46. The van der Waals surface area contributed by atoms with Gasteiger partial charge in [0.25, 0.3) is 6.43 Å². The van der Waals surface area contributed by atoms with Crippen LogP contribution in [0.1, 0.15) is 62.0 Å². The van der Waals surface area contributed by atoms with E-state index in [-0.39, 0.29) is 5.41 Å². The molecule has 3 aromatic heterocycles. The molecule has 2 N–H and O–H groups in total. The molecule has 6 rings (SSSR count). The number of hydrogen-bond acceptors (Lipinski definition) is 7. The van der Waals surface area contributed by atoms with Crippen molar-refractivity contribution in [1.82, 2.24) is 24.5 Å². The summed E-state index contributed by atoms with van der Waals surface area (Å²) in [7, 11) is 1.96. The van der Waals surface area contributed by atoms with E-state index < -0.39 is 18.0 Å². The number of alkyl halides is 2. The zero-order valence-electron chi connectivity index (χ0n) is 24.4. The molecule has 0 amide bonds. The highest BCUT2D eigenvalue weighted by molar-refractivity contribution is 5.99. The number of rotatable bonds is 8. The SMILES string of the molecule is Cn1ccc2c(C(Nc3cc(C#N)c4ncc(C#N)c(NCC(C)(C)C)c4c3)c3cn(C4(C(F)F)CC4)nn3)cccc21. The number of anilines is 2. The molecular formula is C32H31F2N9. The van der Waals surface area contributed by atoms with E-state index in [1.165, 1.54) is 10.9 Å². The monoisotopic (exact) mass is 579 g/mol. The zero-order valence-corrected chi connectivity index (χ0v) is 24.4. The highest BCUT2D eigenvalue weighted by Crippen LogP contribution is 2.48. The summed E-state index contributed by atoms with van der Waals surface area (Å²) < 4.78 is 31.2. The van der Waals surface area contributed by atoms with Crippen molar-refractivity contribution in [2.24, 2.45) is 12.5 Å². The number of fused-ring (bicyclic) bond motifs is 2. The van der Waals surface area contributed by atoms with Crippen LogP contribution >= 0.6 is 0 Å². The van der Waals surface area contributed by atoms with Crippen LogP contribution in [0.5, 0.6) is 0 Å². The molecule has 0 saturated heterocycles. The van der Waals surface area contributed by atoms with Crippen LogP contribution in [-0.4, -0.2) is 37.5 Å². The lowest BCUT2D eigenvalue weighted by Gasteiger charge is -2.23. The van der Waals surface area contributed by atoms with Gasteiger partial charge in [0.05, 0.1) is 34.6 Å². The van der Waals surface area contributed by atoms with Crippen LogP contribution in [0.25, 0.3) is 21.8 Å². The van der Waals surface area contributed by atoms with Gasteiger partial charge in [-0.05, 0) is 48.1 Å². The summed E-state index contributed by atoms with van der Waals surface area (Å²) in [6.07, 6.45) is 3.17. The summed E-state index contributed by atoms with van der Waals surface area (Å²) in [6, 6.07) is 15.4. The third-order valence-corrected chi connectivity index (χ3v) is 8.02. The van der Waals surface area contributed by atoms with Crippen LogP contribution in [0.2, 0.25) is 0 Å². The summed E-state index contributed by atoms with van der Waals surface area (Å²) in [5.41, 5.74) is 3.31. The molecule has 0 radical (unpaired) electrons. The van der Waals surface area contributed by atoms with Gasteiger partial charge in [0, 0.05) is 48.0 Å². The Morgan fingerprint density at radius 2 is 1.84 bits per heavy atom. The summed E-state index contributed by atoms with van der Waals surface area (Å²) in [4.78, 5) is 4.45. The molecule has 1 fully saturated rings. The summed E-state index contributed by atoms with van der Waals surface area (Å²) in [6.45, 7) is 6.86. The maximum atomic E-state index is 13.9. The maximum Gasteiger partial charge on any atom is 0.263 e. The molecule has 0 bridgehead atoms. The first-order chi connectivity index (χ1) is 20.5. The Hall–Kier alpha value is -5.03. The van der Waals surface area contributed by atoms with Gasteiger partial charge in [0.1, 0.15) is 23.4 Å². The minimum Gasteiger partial charge on any atom is -0.383 e. The second kappa shape index (κ2) is 10.4. The van der Waals surface area contributed by atoms with Gasteiger partial charge in [-0.2, -0.15) is 10.5 Å². The summed E-state index contributed by atoms with van der Waals surface area (Å²) in [5, 5.41) is 37.0. The number of halogens is 2. The average molecular weight is 580 g/mol. The molecule has 11 heteroatoms. The highest BCUT2D eigenvalue weighted by atomic mass is 19.3. The number of nitrogens with one attached hydrogen (secondary N) is 2. The molecule has 1 aliphatic rings. The van der Waals surface area contributed by atoms with E-state index in [0.717, 1.165) is 16.5 Å². The molecular weight excluding hydrogens is 548 g/mol. The van der Waals surface area contributed by atoms with Gasteiger partial charge < -0.3 is 15.2 Å². The van der Waals surface area contributed by atoms with Crippen LogP contribution in [-0.2, 0) is 12.6 Å². The van der Waals surface area contributed by atoms with Crippen LogP contribution in [0, 0.1) is 28.1 Å². The van der Waals surface area contributed by atoms with Gasteiger partial charge >= 0.3 is 0 Å². The average Bonchev–Trinajstić information content (AvgIpc) is 3.50. The first-order valence-electron chi connectivity index (χ1n) is 14.1. The van der Waals surface area contributed by atoms with Gasteiger partial charge in [-0.15, -0.1) is 5.10 Å². The van der Waals surface area contributed by atoms with Gasteiger partial charge in [0.15, 0.2) is 0 Å². The smallest absolute Gasteiger partial charge is 0.263 e. The quantitative estimate of drug-likeness (QED) is 0.216. The van der Waals surface area contributed by atoms with Crippen molar-refractivity contribution in [2.45, 2.75) is 51.6 Å². The number of aryl methyl sites for hydroxylation is 1. The predicted molar refractivity (Wildman–Crippen MR) is 161 cm³/mol. The second-order valence-electron chi connectivity index (χ2n) is 12.4. The standard InChI is InChI=1S/C32H31F2N9/c1-31(2,3)18-38-28-20(15-36)16-37-27-19(14-35)12-21(13-24(27)28)39-29(23-6-5-7-26-22(23)8-11-42(26)4)25-17-43(41-40-25)32(9-10-32)30(33)34/h5-8,11-13,16-17,29-30,39H,9-10,18H2,1-4H3,(H,37,38). The molecule has 1 unspecified atom stereocenters. The number of pyridine rings is 1. The van der Waals surface area contributed by atoms with Crippen molar-refractivity contribution in [3.05, 3.63) is 77.4 Å². The Balaban J connectivity index is 1.50. The zero-order chi connectivity index (χ0) is 30.5. The van der Waals surface area contributed by atoms with Gasteiger partial charge in [-0.1, -0.05) is 38.1 Å². The first kappa shape index (κ1) is 28.1. The van der Waals surface area contributed by atoms with E-state index in [2.05, 4.69) is 58.8 Å². The summed E-state index contributed by atoms with van der Waals surface area (Å²) >= 11 is 0. The minimum absolute atomic E-state index is 0.0708. The van der Waals surface area contributed by atoms with Crippen molar-refractivity contribution < 1.29 is 8.78 Å². The Kier molecular flexibility index (Phi) is 6.77. The molecule has 1 aliphatic carbocycles. The normalized spacial score (nSPS) is 14.9. The molecule has 1 saturated carbocycles. The number of benzene rings is 2. The van der Waals surface area contributed by atoms with Crippen LogP contribution in [0.15, 0.2) is 55.0 Å². The fourth-order valence-electron chi connectivity index (χ4n) is 5.46. The molecule has 218 valence electrons. The van der Waals surface area contributed by atoms with E-state index in [4.69, 9.17) is 0 Å². The van der Waals surface area contributed by atoms with Crippen LogP contribution in [0.4, 0.5) is 20.2 Å². The molecule has 1 atom stereocenters. The fraction of sp³-hybridized carbons (Fsp3) is 0.344. The van der Waals surface area contributed by atoms with Gasteiger partial charge in [0.2, 0.25) is 0 Å².